The molecule has 6 nitrogen and oxygen atoms in total. The number of sulfonamides is 2. The van der Waals surface area contributed by atoms with Crippen LogP contribution in [0.3, 0.4) is 0 Å². The van der Waals surface area contributed by atoms with Crippen LogP contribution >= 0.6 is 0 Å². The third-order valence-corrected chi connectivity index (χ3v) is 8.65. The zero-order valence-corrected chi connectivity index (χ0v) is 17.3. The molecule has 0 unspecified atom stereocenters. The Morgan fingerprint density at radius 3 is 2.30 bits per heavy atom. The van der Waals surface area contributed by atoms with Crippen molar-refractivity contribution in [3.63, 3.8) is 0 Å². The molecule has 0 spiro atoms. The molecule has 0 amide bonds. The highest BCUT2D eigenvalue weighted by molar-refractivity contribution is 7.93. The molecule has 1 heterocycles. The van der Waals surface area contributed by atoms with Gasteiger partial charge in [-0.05, 0) is 62.1 Å². The molecule has 0 bridgehead atoms. The molecular weight excluding hydrogens is 384 g/mol. The maximum Gasteiger partial charge on any atom is 0.264 e. The van der Waals surface area contributed by atoms with Crippen LogP contribution in [0, 0.1) is 13.8 Å². The number of nitrogens with zero attached hydrogens (tertiary/aromatic N) is 2. The summed E-state index contributed by atoms with van der Waals surface area (Å²) in [6.45, 7) is 3.88. The molecular formula is C19H24N2O4S2. The highest BCUT2D eigenvalue weighted by atomic mass is 32.2. The Bertz CT molecular complexity index is 1050. The van der Waals surface area contributed by atoms with Crippen molar-refractivity contribution in [2.45, 2.75) is 31.6 Å². The van der Waals surface area contributed by atoms with Crippen molar-refractivity contribution in [2.75, 3.05) is 28.0 Å². The molecule has 0 aromatic heterocycles. The van der Waals surface area contributed by atoms with E-state index in [4.69, 9.17) is 0 Å². The molecule has 3 rings (SSSR count). The molecule has 27 heavy (non-hydrogen) atoms. The van der Waals surface area contributed by atoms with Crippen LogP contribution in [0.5, 0.6) is 0 Å². The van der Waals surface area contributed by atoms with E-state index in [0.29, 0.717) is 35.5 Å². The fourth-order valence-corrected chi connectivity index (χ4v) is 6.48. The molecule has 0 atom stereocenters. The SMILES string of the molecule is Cc1cc(S(=O)(=O)N(C)c2ccccc2)c(C)cc1N1CCCCS1(=O)=O. The van der Waals surface area contributed by atoms with E-state index in [9.17, 15) is 16.8 Å². The summed E-state index contributed by atoms with van der Waals surface area (Å²) in [4.78, 5) is 0.185. The lowest BCUT2D eigenvalue weighted by Crippen LogP contribution is -2.38. The minimum Gasteiger partial charge on any atom is -0.270 e. The Balaban J connectivity index is 2.05. The van der Waals surface area contributed by atoms with E-state index in [1.165, 1.54) is 15.7 Å². The molecule has 2 aromatic rings. The van der Waals surface area contributed by atoms with Crippen molar-refractivity contribution in [1.82, 2.24) is 0 Å². The lowest BCUT2D eigenvalue weighted by molar-refractivity contribution is 0.574. The first-order chi connectivity index (χ1) is 12.6. The van der Waals surface area contributed by atoms with Gasteiger partial charge in [-0.15, -0.1) is 0 Å². The average molecular weight is 409 g/mol. The van der Waals surface area contributed by atoms with Gasteiger partial charge in [0.1, 0.15) is 0 Å². The molecule has 1 fully saturated rings. The van der Waals surface area contributed by atoms with E-state index in [2.05, 4.69) is 0 Å². The van der Waals surface area contributed by atoms with E-state index < -0.39 is 20.0 Å². The zero-order chi connectivity index (χ0) is 19.8. The number of aryl methyl sites for hydroxylation is 2. The Labute approximate surface area is 161 Å². The minimum atomic E-state index is -3.76. The monoisotopic (exact) mass is 408 g/mol. The van der Waals surface area contributed by atoms with Gasteiger partial charge in [-0.2, -0.15) is 0 Å². The largest absolute Gasteiger partial charge is 0.270 e. The molecule has 0 aliphatic carbocycles. The normalized spacial score (nSPS) is 16.9. The fourth-order valence-electron chi connectivity index (χ4n) is 3.30. The summed E-state index contributed by atoms with van der Waals surface area (Å²) in [7, 11) is -5.59. The average Bonchev–Trinajstić information content (AvgIpc) is 2.63. The number of anilines is 2. The lowest BCUT2D eigenvalue weighted by atomic mass is 10.1. The molecule has 0 saturated carbocycles. The summed E-state index contributed by atoms with van der Waals surface area (Å²) in [5.74, 6) is 0.127. The van der Waals surface area contributed by atoms with Gasteiger partial charge in [-0.25, -0.2) is 16.8 Å². The fraction of sp³-hybridized carbons (Fsp3) is 0.368. The first-order valence-corrected chi connectivity index (χ1v) is 11.8. The quantitative estimate of drug-likeness (QED) is 0.779. The van der Waals surface area contributed by atoms with Gasteiger partial charge in [0.15, 0.2) is 0 Å². The molecule has 0 N–H and O–H groups in total. The van der Waals surface area contributed by atoms with Crippen LogP contribution in [0.4, 0.5) is 11.4 Å². The van der Waals surface area contributed by atoms with Crippen LogP contribution in [0.15, 0.2) is 47.4 Å². The van der Waals surface area contributed by atoms with Gasteiger partial charge in [-0.3, -0.25) is 8.61 Å². The zero-order valence-electron chi connectivity index (χ0n) is 15.7. The van der Waals surface area contributed by atoms with Crippen molar-refractivity contribution in [1.29, 1.82) is 0 Å². The number of hydrogen-bond acceptors (Lipinski definition) is 4. The van der Waals surface area contributed by atoms with Gasteiger partial charge in [0.2, 0.25) is 10.0 Å². The summed E-state index contributed by atoms with van der Waals surface area (Å²) in [5.41, 5.74) is 2.29. The van der Waals surface area contributed by atoms with Crippen LogP contribution in [0.1, 0.15) is 24.0 Å². The highest BCUT2D eigenvalue weighted by Crippen LogP contribution is 2.32. The van der Waals surface area contributed by atoms with Crippen LogP contribution < -0.4 is 8.61 Å². The minimum absolute atomic E-state index is 0.127. The smallest absolute Gasteiger partial charge is 0.264 e. The highest BCUT2D eigenvalue weighted by Gasteiger charge is 2.30. The molecule has 1 saturated heterocycles. The Hall–Kier alpha value is -2.06. The molecule has 8 heteroatoms. The molecule has 1 aliphatic heterocycles. The molecule has 146 valence electrons. The molecule has 1 aliphatic rings. The second-order valence-electron chi connectivity index (χ2n) is 6.81. The summed E-state index contributed by atoms with van der Waals surface area (Å²) in [6.07, 6.45) is 1.46. The molecule has 0 radical (unpaired) electrons. The number of hydrogen-bond donors (Lipinski definition) is 0. The van der Waals surface area contributed by atoms with Crippen LogP contribution in [0.25, 0.3) is 0 Å². The number of rotatable bonds is 4. The van der Waals surface area contributed by atoms with Gasteiger partial charge in [-0.1, -0.05) is 18.2 Å². The lowest BCUT2D eigenvalue weighted by Gasteiger charge is -2.30. The van der Waals surface area contributed by atoms with Crippen LogP contribution in [-0.2, 0) is 20.0 Å². The number of para-hydroxylation sites is 1. The van der Waals surface area contributed by atoms with Gasteiger partial charge in [0.25, 0.3) is 10.0 Å². The first-order valence-electron chi connectivity index (χ1n) is 8.80. The van der Waals surface area contributed by atoms with Crippen LogP contribution in [0.2, 0.25) is 0 Å². The third-order valence-electron chi connectivity index (χ3n) is 4.87. The van der Waals surface area contributed by atoms with Crippen molar-refractivity contribution in [2.24, 2.45) is 0 Å². The van der Waals surface area contributed by atoms with Gasteiger partial charge < -0.3 is 0 Å². The summed E-state index contributed by atoms with van der Waals surface area (Å²) >= 11 is 0. The molecule has 2 aromatic carbocycles. The Kier molecular flexibility index (Phi) is 5.22. The Morgan fingerprint density at radius 1 is 1.00 bits per heavy atom. The standard InChI is InChI=1S/C19H24N2O4S2/c1-15-14-19(27(24,25)20(3)17-9-5-4-6-10-17)16(2)13-18(15)21-11-7-8-12-26(21,22)23/h4-6,9-10,13-14H,7-8,11-12H2,1-3H3. The summed E-state index contributed by atoms with van der Waals surface area (Å²) < 4.78 is 53.7. The van der Waals surface area contributed by atoms with E-state index in [0.717, 1.165) is 6.42 Å². The third kappa shape index (κ3) is 3.68. The van der Waals surface area contributed by atoms with Gasteiger partial charge in [0, 0.05) is 13.6 Å². The maximum absolute atomic E-state index is 13.1. The maximum atomic E-state index is 13.1. The summed E-state index contributed by atoms with van der Waals surface area (Å²) in [6, 6.07) is 12.1. The van der Waals surface area contributed by atoms with Crippen molar-refractivity contribution in [3.8, 4) is 0 Å². The Morgan fingerprint density at radius 2 is 1.67 bits per heavy atom. The van der Waals surface area contributed by atoms with Crippen molar-refractivity contribution >= 4 is 31.4 Å². The van der Waals surface area contributed by atoms with Crippen LogP contribution in [-0.4, -0.2) is 36.2 Å². The van der Waals surface area contributed by atoms with E-state index in [1.54, 1.807) is 50.2 Å². The topological polar surface area (TPSA) is 74.8 Å². The predicted molar refractivity (Wildman–Crippen MR) is 108 cm³/mol. The van der Waals surface area contributed by atoms with E-state index in [-0.39, 0.29) is 10.6 Å². The predicted octanol–water partition coefficient (Wildman–Crippen LogP) is 3.06. The van der Waals surface area contributed by atoms with E-state index >= 15 is 0 Å². The second kappa shape index (κ2) is 7.16. The van der Waals surface area contributed by atoms with E-state index in [1.807, 2.05) is 6.07 Å². The van der Waals surface area contributed by atoms with Crippen molar-refractivity contribution in [3.05, 3.63) is 53.6 Å². The number of benzene rings is 2. The first kappa shape index (κ1) is 19.7. The summed E-state index contributed by atoms with van der Waals surface area (Å²) in [5, 5.41) is 0. The van der Waals surface area contributed by atoms with Gasteiger partial charge in [0.05, 0.1) is 22.0 Å². The second-order valence-corrected chi connectivity index (χ2v) is 10.8. The van der Waals surface area contributed by atoms with Gasteiger partial charge >= 0.3 is 0 Å². The van der Waals surface area contributed by atoms with Crippen molar-refractivity contribution < 1.29 is 16.8 Å².